The van der Waals surface area contributed by atoms with E-state index in [0.29, 0.717) is 23.6 Å². The van der Waals surface area contributed by atoms with Gasteiger partial charge in [0.2, 0.25) is 0 Å². The van der Waals surface area contributed by atoms with Gasteiger partial charge >= 0.3 is 6.03 Å². The summed E-state index contributed by atoms with van der Waals surface area (Å²) in [4.78, 5) is 19.2. The Hall–Kier alpha value is -3.63. The Morgan fingerprint density at radius 1 is 1.18 bits per heavy atom. The fourth-order valence-electron chi connectivity index (χ4n) is 4.26. The molecule has 2 aromatic carbocycles. The average Bonchev–Trinajstić information content (AvgIpc) is 3.37. The zero-order valence-electron chi connectivity index (χ0n) is 19.0. The van der Waals surface area contributed by atoms with Gasteiger partial charge in [0.25, 0.3) is 0 Å². The van der Waals surface area contributed by atoms with Gasteiger partial charge in [0, 0.05) is 24.8 Å². The van der Waals surface area contributed by atoms with E-state index >= 15 is 0 Å². The maximum Gasteiger partial charge on any atom is 0.329 e. The summed E-state index contributed by atoms with van der Waals surface area (Å²) in [6, 6.07) is 17.7. The Labute approximate surface area is 194 Å². The molecule has 7 nitrogen and oxygen atoms in total. The second-order valence-corrected chi connectivity index (χ2v) is 8.31. The summed E-state index contributed by atoms with van der Waals surface area (Å²) in [5, 5.41) is 9.32. The fourth-order valence-corrected chi connectivity index (χ4v) is 4.26. The lowest BCUT2D eigenvalue weighted by Crippen LogP contribution is -2.42. The van der Waals surface area contributed by atoms with E-state index in [9.17, 15) is 10.1 Å². The quantitative estimate of drug-likeness (QED) is 0.542. The molecule has 1 aliphatic rings. The van der Waals surface area contributed by atoms with Crippen molar-refractivity contribution >= 4 is 6.03 Å². The lowest BCUT2D eigenvalue weighted by atomic mass is 9.92. The third-order valence-electron chi connectivity index (χ3n) is 6.24. The number of methoxy groups -OCH3 is 1. The fraction of sp³-hybridized carbons (Fsp3) is 0.346. The Morgan fingerprint density at radius 2 is 1.94 bits per heavy atom. The van der Waals surface area contributed by atoms with Crippen molar-refractivity contribution in [2.45, 2.75) is 44.4 Å². The van der Waals surface area contributed by atoms with E-state index in [1.807, 2.05) is 31.3 Å². The van der Waals surface area contributed by atoms with Gasteiger partial charge in [-0.3, -0.25) is 4.57 Å². The lowest BCUT2D eigenvalue weighted by molar-refractivity contribution is 0.00403. The number of benzene rings is 2. The van der Waals surface area contributed by atoms with Gasteiger partial charge in [-0.25, -0.2) is 9.78 Å². The summed E-state index contributed by atoms with van der Waals surface area (Å²) in [5.74, 6) is 0.514. The molecule has 0 saturated heterocycles. The minimum atomic E-state index is -0.114. The molecule has 3 aromatic rings. The molecule has 170 valence electrons. The molecular weight excluding hydrogens is 416 g/mol. The standard InChI is InChI=1S/C26H28N4O3/c1-29(22-9-11-23(12-10-22)33-17-19-6-4-3-5-7-19)26(31)30-16-24(28-18-30)20-8-13-25(32-2)21(14-20)15-27/h3-8,13-14,16,18,22-23H,9-12,17H2,1-2H3. The van der Waals surface area contributed by atoms with Crippen molar-refractivity contribution in [3.05, 3.63) is 72.2 Å². The van der Waals surface area contributed by atoms with Crippen molar-refractivity contribution in [1.29, 1.82) is 5.26 Å². The Bertz CT molecular complexity index is 1130. The van der Waals surface area contributed by atoms with Crippen molar-refractivity contribution in [3.63, 3.8) is 0 Å². The molecule has 1 aromatic heterocycles. The number of rotatable bonds is 6. The largest absolute Gasteiger partial charge is 0.495 e. The van der Waals surface area contributed by atoms with Crippen LogP contribution in [0.25, 0.3) is 11.3 Å². The van der Waals surface area contributed by atoms with Crippen LogP contribution < -0.4 is 4.74 Å². The average molecular weight is 445 g/mol. The van der Waals surface area contributed by atoms with Crippen molar-refractivity contribution in [2.24, 2.45) is 0 Å². The monoisotopic (exact) mass is 444 g/mol. The summed E-state index contributed by atoms with van der Waals surface area (Å²) in [6.45, 7) is 0.627. The molecule has 1 heterocycles. The van der Waals surface area contributed by atoms with Crippen molar-refractivity contribution in [1.82, 2.24) is 14.5 Å². The van der Waals surface area contributed by atoms with Crippen molar-refractivity contribution in [2.75, 3.05) is 14.2 Å². The molecule has 7 heteroatoms. The molecule has 4 rings (SSSR count). The van der Waals surface area contributed by atoms with Crippen LogP contribution >= 0.6 is 0 Å². The van der Waals surface area contributed by atoms with E-state index in [1.54, 1.807) is 23.2 Å². The molecule has 0 unspecified atom stereocenters. The number of aromatic nitrogens is 2. The zero-order chi connectivity index (χ0) is 23.2. The predicted octanol–water partition coefficient (Wildman–Crippen LogP) is 4.86. The van der Waals surface area contributed by atoms with Crippen LogP contribution in [0.1, 0.15) is 36.8 Å². The van der Waals surface area contributed by atoms with Crippen LogP contribution in [-0.4, -0.2) is 46.8 Å². The van der Waals surface area contributed by atoms with E-state index < -0.39 is 0 Å². The minimum Gasteiger partial charge on any atom is -0.495 e. The highest BCUT2D eigenvalue weighted by atomic mass is 16.5. The van der Waals surface area contributed by atoms with Gasteiger partial charge in [0.05, 0.1) is 31.1 Å². The first-order valence-electron chi connectivity index (χ1n) is 11.1. The third-order valence-corrected chi connectivity index (χ3v) is 6.24. The van der Waals surface area contributed by atoms with Gasteiger partial charge in [-0.2, -0.15) is 5.26 Å². The lowest BCUT2D eigenvalue weighted by Gasteiger charge is -2.34. The normalized spacial score (nSPS) is 17.8. The molecule has 0 aliphatic heterocycles. The van der Waals surface area contributed by atoms with Crippen LogP contribution in [0.5, 0.6) is 5.75 Å². The first-order chi connectivity index (χ1) is 16.1. The molecule has 1 fully saturated rings. The van der Waals surface area contributed by atoms with Crippen LogP contribution in [0.2, 0.25) is 0 Å². The number of ether oxygens (including phenoxy) is 2. The molecule has 1 amide bonds. The van der Waals surface area contributed by atoms with E-state index in [-0.39, 0.29) is 18.2 Å². The van der Waals surface area contributed by atoms with Gasteiger partial charge < -0.3 is 14.4 Å². The van der Waals surface area contributed by atoms with Gasteiger partial charge in [-0.1, -0.05) is 30.3 Å². The number of amides is 1. The van der Waals surface area contributed by atoms with Gasteiger partial charge in [-0.15, -0.1) is 0 Å². The zero-order valence-corrected chi connectivity index (χ0v) is 19.0. The summed E-state index contributed by atoms with van der Waals surface area (Å²) in [6.07, 6.45) is 7.16. The molecule has 33 heavy (non-hydrogen) atoms. The van der Waals surface area contributed by atoms with Crippen LogP contribution in [-0.2, 0) is 11.3 Å². The topological polar surface area (TPSA) is 80.4 Å². The highest BCUT2D eigenvalue weighted by Crippen LogP contribution is 2.27. The van der Waals surface area contributed by atoms with E-state index in [4.69, 9.17) is 9.47 Å². The SMILES string of the molecule is COc1ccc(-c2cn(C(=O)N(C)C3CCC(OCc4ccccc4)CC3)cn2)cc1C#N. The second-order valence-electron chi connectivity index (χ2n) is 8.31. The Kier molecular flexibility index (Phi) is 7.06. The van der Waals surface area contributed by atoms with Crippen LogP contribution in [0.4, 0.5) is 4.79 Å². The Balaban J connectivity index is 1.34. The highest BCUT2D eigenvalue weighted by Gasteiger charge is 2.28. The van der Waals surface area contributed by atoms with Crippen LogP contribution in [0.15, 0.2) is 61.1 Å². The number of nitrogens with zero attached hydrogens (tertiary/aromatic N) is 4. The summed E-state index contributed by atoms with van der Waals surface area (Å²) in [7, 11) is 3.38. The first kappa shape index (κ1) is 22.6. The molecule has 1 aliphatic carbocycles. The number of hydrogen-bond donors (Lipinski definition) is 0. The maximum absolute atomic E-state index is 13.0. The van der Waals surface area contributed by atoms with E-state index in [0.717, 1.165) is 31.2 Å². The molecule has 0 atom stereocenters. The smallest absolute Gasteiger partial charge is 0.329 e. The van der Waals surface area contributed by atoms with E-state index in [2.05, 4.69) is 23.2 Å². The van der Waals surface area contributed by atoms with Crippen LogP contribution in [0, 0.1) is 11.3 Å². The van der Waals surface area contributed by atoms with Gasteiger partial charge in [0.1, 0.15) is 18.1 Å². The predicted molar refractivity (Wildman–Crippen MR) is 125 cm³/mol. The van der Waals surface area contributed by atoms with Gasteiger partial charge in [0.15, 0.2) is 0 Å². The third kappa shape index (κ3) is 5.24. The Morgan fingerprint density at radius 3 is 2.64 bits per heavy atom. The molecule has 0 bridgehead atoms. The summed E-state index contributed by atoms with van der Waals surface area (Å²) in [5.41, 5.74) is 3.01. The number of imidazole rings is 1. The summed E-state index contributed by atoms with van der Waals surface area (Å²) < 4.78 is 12.8. The molecule has 0 N–H and O–H groups in total. The highest BCUT2D eigenvalue weighted by molar-refractivity contribution is 5.78. The first-order valence-corrected chi connectivity index (χ1v) is 11.1. The number of carbonyl (C=O) groups excluding carboxylic acids is 1. The van der Waals surface area contributed by atoms with Gasteiger partial charge in [-0.05, 0) is 49.4 Å². The molecule has 0 radical (unpaired) electrons. The maximum atomic E-state index is 13.0. The number of hydrogen-bond acceptors (Lipinski definition) is 5. The second kappa shape index (κ2) is 10.3. The van der Waals surface area contributed by atoms with Crippen molar-refractivity contribution in [3.8, 4) is 23.1 Å². The molecule has 1 saturated carbocycles. The minimum absolute atomic E-state index is 0.114. The summed E-state index contributed by atoms with van der Waals surface area (Å²) >= 11 is 0. The molecule has 0 spiro atoms. The number of carbonyl (C=O) groups is 1. The van der Waals surface area contributed by atoms with Crippen LogP contribution in [0.3, 0.4) is 0 Å². The number of nitriles is 1. The van der Waals surface area contributed by atoms with Crippen molar-refractivity contribution < 1.29 is 14.3 Å². The molecular formula is C26H28N4O3. The van der Waals surface area contributed by atoms with E-state index in [1.165, 1.54) is 23.6 Å².